The van der Waals surface area contributed by atoms with Crippen LogP contribution >= 0.6 is 0 Å². The van der Waals surface area contributed by atoms with Crippen molar-refractivity contribution in [2.75, 3.05) is 23.8 Å². The first-order valence-electron chi connectivity index (χ1n) is 9.89. The van der Waals surface area contributed by atoms with E-state index in [2.05, 4.69) is 55.7 Å². The summed E-state index contributed by atoms with van der Waals surface area (Å²) in [5.74, 6) is 0.713. The van der Waals surface area contributed by atoms with Crippen molar-refractivity contribution in [3.63, 3.8) is 0 Å². The van der Waals surface area contributed by atoms with Crippen LogP contribution in [-0.2, 0) is 11.2 Å². The third-order valence-corrected chi connectivity index (χ3v) is 4.74. The van der Waals surface area contributed by atoms with Crippen molar-refractivity contribution in [3.8, 4) is 5.75 Å². The molecule has 4 nitrogen and oxygen atoms in total. The standard InChI is InChI=1S/C25H28N2O2/c1-18-15-19(2)25(20(3)16-18)26-17-24(28)27-22-9-11-23(12-10-22)29-14-13-21-7-5-4-6-8-21/h4-12,15-16,26H,13-14,17H2,1-3H3,(H,27,28). The quantitative estimate of drug-likeness (QED) is 0.552. The van der Waals surface area contributed by atoms with E-state index in [1.807, 2.05) is 42.5 Å². The number of nitrogens with one attached hydrogen (secondary N) is 2. The normalized spacial score (nSPS) is 10.4. The summed E-state index contributed by atoms with van der Waals surface area (Å²) in [5.41, 5.74) is 6.54. The van der Waals surface area contributed by atoms with Crippen LogP contribution in [0.15, 0.2) is 66.7 Å². The maximum Gasteiger partial charge on any atom is 0.243 e. The van der Waals surface area contributed by atoms with Crippen LogP contribution in [0.4, 0.5) is 11.4 Å². The molecule has 0 aliphatic heterocycles. The third-order valence-electron chi connectivity index (χ3n) is 4.74. The summed E-state index contributed by atoms with van der Waals surface area (Å²) in [6, 6.07) is 22.0. The zero-order chi connectivity index (χ0) is 20.6. The van der Waals surface area contributed by atoms with Gasteiger partial charge < -0.3 is 15.4 Å². The van der Waals surface area contributed by atoms with Gasteiger partial charge >= 0.3 is 0 Å². The lowest BCUT2D eigenvalue weighted by Crippen LogP contribution is -2.22. The highest BCUT2D eigenvalue weighted by Crippen LogP contribution is 2.22. The van der Waals surface area contributed by atoms with Crippen LogP contribution in [0, 0.1) is 20.8 Å². The van der Waals surface area contributed by atoms with Crippen LogP contribution < -0.4 is 15.4 Å². The Morgan fingerprint density at radius 2 is 1.55 bits per heavy atom. The van der Waals surface area contributed by atoms with Gasteiger partial charge in [0.25, 0.3) is 0 Å². The number of amides is 1. The molecular formula is C25H28N2O2. The van der Waals surface area contributed by atoms with E-state index < -0.39 is 0 Å². The number of rotatable bonds is 8. The Bertz CT molecular complexity index is 927. The fourth-order valence-electron chi connectivity index (χ4n) is 3.40. The summed E-state index contributed by atoms with van der Waals surface area (Å²) in [6.45, 7) is 7.02. The van der Waals surface area contributed by atoms with Gasteiger partial charge in [-0.15, -0.1) is 0 Å². The molecule has 0 atom stereocenters. The number of carbonyl (C=O) groups excluding carboxylic acids is 1. The lowest BCUT2D eigenvalue weighted by molar-refractivity contribution is -0.114. The van der Waals surface area contributed by atoms with Crippen LogP contribution in [0.2, 0.25) is 0 Å². The molecule has 0 aliphatic carbocycles. The first-order valence-corrected chi connectivity index (χ1v) is 9.89. The molecule has 0 saturated heterocycles. The lowest BCUT2D eigenvalue weighted by atomic mass is 10.1. The number of hydrogen-bond donors (Lipinski definition) is 2. The molecule has 0 aromatic heterocycles. The molecule has 0 spiro atoms. The van der Waals surface area contributed by atoms with E-state index in [0.29, 0.717) is 6.61 Å². The number of aryl methyl sites for hydroxylation is 3. The minimum absolute atomic E-state index is 0.0814. The van der Waals surface area contributed by atoms with Crippen molar-refractivity contribution in [3.05, 3.63) is 89.0 Å². The molecule has 150 valence electrons. The highest BCUT2D eigenvalue weighted by Gasteiger charge is 2.07. The minimum atomic E-state index is -0.0814. The van der Waals surface area contributed by atoms with E-state index in [-0.39, 0.29) is 12.5 Å². The van der Waals surface area contributed by atoms with Crippen LogP contribution in [0.5, 0.6) is 5.75 Å². The van der Waals surface area contributed by atoms with Crippen molar-refractivity contribution in [1.29, 1.82) is 0 Å². The van der Waals surface area contributed by atoms with E-state index in [4.69, 9.17) is 4.74 Å². The van der Waals surface area contributed by atoms with Gasteiger partial charge in [-0.3, -0.25) is 4.79 Å². The van der Waals surface area contributed by atoms with E-state index in [1.165, 1.54) is 11.1 Å². The molecule has 4 heteroatoms. The number of benzene rings is 3. The molecule has 3 rings (SSSR count). The number of carbonyl (C=O) groups is 1. The Hall–Kier alpha value is -3.27. The second kappa shape index (κ2) is 9.78. The number of hydrogen-bond acceptors (Lipinski definition) is 3. The average Bonchev–Trinajstić information content (AvgIpc) is 2.69. The molecule has 0 unspecified atom stereocenters. The fraction of sp³-hybridized carbons (Fsp3) is 0.240. The van der Waals surface area contributed by atoms with Gasteiger partial charge in [0.1, 0.15) is 5.75 Å². The number of anilines is 2. The Balaban J connectivity index is 1.46. The Morgan fingerprint density at radius 1 is 0.897 bits per heavy atom. The summed E-state index contributed by atoms with van der Waals surface area (Å²) in [7, 11) is 0. The van der Waals surface area contributed by atoms with Gasteiger partial charge in [-0.1, -0.05) is 48.0 Å². The molecule has 0 fully saturated rings. The van der Waals surface area contributed by atoms with Gasteiger partial charge in [0, 0.05) is 17.8 Å². The smallest absolute Gasteiger partial charge is 0.243 e. The summed E-state index contributed by atoms with van der Waals surface area (Å²) in [6.07, 6.45) is 0.864. The largest absolute Gasteiger partial charge is 0.493 e. The number of ether oxygens (including phenoxy) is 1. The summed E-state index contributed by atoms with van der Waals surface area (Å²) in [4.78, 5) is 12.3. The monoisotopic (exact) mass is 388 g/mol. The van der Waals surface area contributed by atoms with Crippen LogP contribution in [0.3, 0.4) is 0 Å². The molecule has 3 aromatic rings. The molecule has 2 N–H and O–H groups in total. The Morgan fingerprint density at radius 3 is 2.21 bits per heavy atom. The molecular weight excluding hydrogens is 360 g/mol. The van der Waals surface area contributed by atoms with Gasteiger partial charge in [-0.25, -0.2) is 0 Å². The summed E-state index contributed by atoms with van der Waals surface area (Å²) < 4.78 is 5.79. The highest BCUT2D eigenvalue weighted by molar-refractivity contribution is 5.94. The first kappa shape index (κ1) is 20.5. The van der Waals surface area contributed by atoms with Gasteiger partial charge in [0.15, 0.2) is 0 Å². The maximum atomic E-state index is 12.3. The zero-order valence-corrected chi connectivity index (χ0v) is 17.3. The van der Waals surface area contributed by atoms with Gasteiger partial charge in [-0.2, -0.15) is 0 Å². The molecule has 29 heavy (non-hydrogen) atoms. The van der Waals surface area contributed by atoms with Crippen LogP contribution in [0.1, 0.15) is 22.3 Å². The van der Waals surface area contributed by atoms with Crippen molar-refractivity contribution in [2.45, 2.75) is 27.2 Å². The second-order valence-corrected chi connectivity index (χ2v) is 7.28. The Kier molecular flexibility index (Phi) is 6.90. The van der Waals surface area contributed by atoms with Crippen LogP contribution in [0.25, 0.3) is 0 Å². The van der Waals surface area contributed by atoms with E-state index >= 15 is 0 Å². The van der Waals surface area contributed by atoms with Crippen molar-refractivity contribution in [1.82, 2.24) is 0 Å². The molecule has 0 saturated carbocycles. The topological polar surface area (TPSA) is 50.4 Å². The SMILES string of the molecule is Cc1cc(C)c(NCC(=O)Nc2ccc(OCCc3ccccc3)cc2)c(C)c1. The van der Waals surface area contributed by atoms with Crippen molar-refractivity contribution < 1.29 is 9.53 Å². The van der Waals surface area contributed by atoms with E-state index in [0.717, 1.165) is 34.7 Å². The maximum absolute atomic E-state index is 12.3. The molecule has 0 aliphatic rings. The first-order chi connectivity index (χ1) is 14.0. The van der Waals surface area contributed by atoms with E-state index in [9.17, 15) is 4.79 Å². The van der Waals surface area contributed by atoms with Crippen molar-refractivity contribution in [2.24, 2.45) is 0 Å². The Labute approximate surface area is 172 Å². The fourth-order valence-corrected chi connectivity index (χ4v) is 3.40. The van der Waals surface area contributed by atoms with Gasteiger partial charge in [0.2, 0.25) is 5.91 Å². The molecule has 0 bridgehead atoms. The summed E-state index contributed by atoms with van der Waals surface area (Å²) in [5, 5.41) is 6.16. The second-order valence-electron chi connectivity index (χ2n) is 7.28. The van der Waals surface area contributed by atoms with E-state index in [1.54, 1.807) is 0 Å². The lowest BCUT2D eigenvalue weighted by Gasteiger charge is -2.14. The van der Waals surface area contributed by atoms with Gasteiger partial charge in [-0.05, 0) is 61.7 Å². The molecule has 0 radical (unpaired) electrons. The predicted octanol–water partition coefficient (Wildman–Crippen LogP) is 5.28. The predicted molar refractivity (Wildman–Crippen MR) is 120 cm³/mol. The molecule has 1 amide bonds. The molecule has 0 heterocycles. The summed E-state index contributed by atoms with van der Waals surface area (Å²) >= 11 is 0. The average molecular weight is 389 g/mol. The minimum Gasteiger partial charge on any atom is -0.493 e. The molecule has 3 aromatic carbocycles. The third kappa shape index (κ3) is 6.11. The highest BCUT2D eigenvalue weighted by atomic mass is 16.5. The van der Waals surface area contributed by atoms with Crippen molar-refractivity contribution >= 4 is 17.3 Å². The van der Waals surface area contributed by atoms with Crippen LogP contribution in [-0.4, -0.2) is 19.1 Å². The zero-order valence-electron chi connectivity index (χ0n) is 17.3. The van der Waals surface area contributed by atoms with Gasteiger partial charge in [0.05, 0.1) is 13.2 Å².